The van der Waals surface area contributed by atoms with Crippen molar-refractivity contribution in [3.63, 3.8) is 0 Å². The van der Waals surface area contributed by atoms with Crippen molar-refractivity contribution in [1.29, 1.82) is 0 Å². The van der Waals surface area contributed by atoms with Crippen molar-refractivity contribution >= 4 is 27.3 Å². The fraction of sp³-hybridized carbons (Fsp3) is 0.267. The summed E-state index contributed by atoms with van der Waals surface area (Å²) in [6.45, 7) is 0. The normalized spacial score (nSPS) is 16.4. The topological polar surface area (TPSA) is 50.2 Å². The first-order chi connectivity index (χ1) is 9.75. The van der Waals surface area contributed by atoms with Crippen molar-refractivity contribution in [3.05, 3.63) is 47.0 Å². The maximum absolute atomic E-state index is 11.7. The average Bonchev–Trinajstić information content (AvgIpc) is 3.12. The van der Waals surface area contributed by atoms with Gasteiger partial charge in [-0.1, -0.05) is 11.6 Å². The van der Waals surface area contributed by atoms with E-state index in [2.05, 4.69) is 4.98 Å². The van der Waals surface area contributed by atoms with Crippen LogP contribution in [0.3, 0.4) is 0 Å². The highest BCUT2D eigenvalue weighted by molar-refractivity contribution is 7.89. The zero-order chi connectivity index (χ0) is 13.9. The Hall–Kier alpha value is -1.30. The first-order valence-corrected chi connectivity index (χ1v) is 8.52. The first kappa shape index (κ1) is 13.7. The third-order valence-corrected chi connectivity index (χ3v) is 5.56. The Morgan fingerprint density at radius 1 is 1.20 bits per heavy atom. The number of rotatable bonds is 3. The van der Waals surface area contributed by atoms with E-state index in [0.29, 0.717) is 4.91 Å². The van der Waals surface area contributed by atoms with Gasteiger partial charge in [0.1, 0.15) is 0 Å². The Morgan fingerprint density at radius 3 is 2.65 bits per heavy atom. The molecule has 0 aromatic carbocycles. The lowest BCUT2D eigenvalue weighted by molar-refractivity contribution is 0.575. The third kappa shape index (κ3) is 2.75. The number of allylic oxidation sites excluding steroid dienone is 1. The fourth-order valence-corrected chi connectivity index (χ4v) is 4.52. The van der Waals surface area contributed by atoms with Crippen LogP contribution in [-0.2, 0) is 11.1 Å². The van der Waals surface area contributed by atoms with Crippen molar-refractivity contribution in [3.8, 4) is 10.6 Å². The van der Waals surface area contributed by atoms with E-state index >= 15 is 0 Å². The van der Waals surface area contributed by atoms with Crippen molar-refractivity contribution in [2.45, 2.75) is 25.7 Å². The van der Waals surface area contributed by atoms with Crippen LogP contribution in [0.5, 0.6) is 0 Å². The summed E-state index contributed by atoms with van der Waals surface area (Å²) in [5.74, 6) is 0. The largest absolute Gasteiger partial charge is 0.302 e. The minimum atomic E-state index is -1.92. The smallest absolute Gasteiger partial charge is 0.187 e. The third-order valence-electron chi connectivity index (χ3n) is 3.45. The molecule has 3 rings (SSSR count). The molecule has 3 nitrogen and oxygen atoms in total. The lowest BCUT2D eigenvalue weighted by Gasteiger charge is -2.04. The van der Waals surface area contributed by atoms with Gasteiger partial charge in [-0.3, -0.25) is 4.98 Å². The van der Waals surface area contributed by atoms with E-state index in [4.69, 9.17) is 0 Å². The maximum Gasteiger partial charge on any atom is 0.187 e. The molecule has 0 spiro atoms. The molecule has 0 radical (unpaired) electrons. The minimum Gasteiger partial charge on any atom is -0.302 e. The average molecular weight is 305 g/mol. The van der Waals surface area contributed by atoms with Gasteiger partial charge in [0, 0.05) is 11.1 Å². The van der Waals surface area contributed by atoms with E-state index in [-0.39, 0.29) is 0 Å². The van der Waals surface area contributed by atoms with E-state index < -0.39 is 11.1 Å². The zero-order valence-electron chi connectivity index (χ0n) is 10.9. The van der Waals surface area contributed by atoms with Gasteiger partial charge in [0.2, 0.25) is 0 Å². The summed E-state index contributed by atoms with van der Waals surface area (Å²) in [7, 11) is 0. The summed E-state index contributed by atoms with van der Waals surface area (Å²) >= 11 is -0.382. The summed E-state index contributed by atoms with van der Waals surface area (Å²) in [5.41, 5.74) is 2.04. The highest BCUT2D eigenvalue weighted by Crippen LogP contribution is 2.38. The van der Waals surface area contributed by atoms with Crippen LogP contribution in [0.2, 0.25) is 0 Å². The summed E-state index contributed by atoms with van der Waals surface area (Å²) in [4.78, 5) is 6.86. The van der Waals surface area contributed by atoms with Crippen molar-refractivity contribution in [2.75, 3.05) is 0 Å². The second kappa shape index (κ2) is 5.99. The predicted octanol–water partition coefficient (Wildman–Crippen LogP) is 4.32. The summed E-state index contributed by atoms with van der Waals surface area (Å²) in [6.07, 6.45) is 5.88. The van der Waals surface area contributed by atoms with E-state index in [1.54, 1.807) is 6.20 Å². The summed E-state index contributed by atoms with van der Waals surface area (Å²) in [6, 6.07) is 9.69. The zero-order valence-corrected chi connectivity index (χ0v) is 12.5. The molecule has 20 heavy (non-hydrogen) atoms. The number of thiophene rings is 1. The molecule has 1 atom stereocenters. The van der Waals surface area contributed by atoms with Crippen LogP contribution >= 0.6 is 11.3 Å². The van der Waals surface area contributed by atoms with Crippen molar-refractivity contribution in [1.82, 2.24) is 4.98 Å². The van der Waals surface area contributed by atoms with Gasteiger partial charge in [-0.25, -0.2) is 4.21 Å². The highest BCUT2D eigenvalue weighted by atomic mass is 32.2. The molecule has 1 unspecified atom stereocenters. The Balaban J connectivity index is 2.00. The molecule has 1 saturated carbocycles. The standard InChI is InChI=1S/C15H15NO2S2/c17-20(18)15(11-5-1-2-6-11)14-9-8-13(19-14)12-7-3-4-10-16-12/h3-4,7-10H,1-2,5-6H2,(H,17,18). The van der Waals surface area contributed by atoms with E-state index in [9.17, 15) is 8.76 Å². The Labute approximate surface area is 124 Å². The SMILES string of the molecule is O=S(O)C(=C1CCCC1)c1ccc(-c2ccccn2)s1. The molecular weight excluding hydrogens is 290 g/mol. The fourth-order valence-electron chi connectivity index (χ4n) is 2.52. The van der Waals surface area contributed by atoms with Gasteiger partial charge in [-0.15, -0.1) is 11.3 Å². The molecule has 104 valence electrons. The molecule has 5 heteroatoms. The molecule has 2 aromatic rings. The van der Waals surface area contributed by atoms with Crippen LogP contribution in [0.15, 0.2) is 42.1 Å². The van der Waals surface area contributed by atoms with Gasteiger partial charge in [-0.2, -0.15) is 0 Å². The molecule has 1 aliphatic rings. The maximum atomic E-state index is 11.7. The molecule has 1 fully saturated rings. The predicted molar refractivity (Wildman–Crippen MR) is 83.7 cm³/mol. The van der Waals surface area contributed by atoms with Gasteiger partial charge < -0.3 is 4.55 Å². The minimum absolute atomic E-state index is 0.620. The second-order valence-corrected chi connectivity index (χ2v) is 6.76. The van der Waals surface area contributed by atoms with Crippen LogP contribution in [0.25, 0.3) is 15.5 Å². The quantitative estimate of drug-likeness (QED) is 0.859. The summed E-state index contributed by atoms with van der Waals surface area (Å²) < 4.78 is 21.3. The Bertz CT molecular complexity index is 654. The molecule has 0 bridgehead atoms. The van der Waals surface area contributed by atoms with Gasteiger partial charge in [0.25, 0.3) is 0 Å². The Morgan fingerprint density at radius 2 is 2.00 bits per heavy atom. The van der Waals surface area contributed by atoms with E-state index in [0.717, 1.165) is 46.7 Å². The lowest BCUT2D eigenvalue weighted by Crippen LogP contribution is -1.94. The number of hydrogen-bond acceptors (Lipinski definition) is 3. The van der Waals surface area contributed by atoms with Crippen molar-refractivity contribution in [2.24, 2.45) is 0 Å². The molecule has 1 N–H and O–H groups in total. The first-order valence-electron chi connectivity index (χ1n) is 6.60. The number of hydrogen-bond donors (Lipinski definition) is 1. The van der Waals surface area contributed by atoms with Gasteiger partial charge in [0.15, 0.2) is 11.1 Å². The van der Waals surface area contributed by atoms with Crippen LogP contribution in [-0.4, -0.2) is 13.7 Å². The van der Waals surface area contributed by atoms with Crippen LogP contribution in [0.4, 0.5) is 0 Å². The van der Waals surface area contributed by atoms with Gasteiger partial charge in [0.05, 0.1) is 15.5 Å². The molecule has 0 aliphatic heterocycles. The second-order valence-electron chi connectivity index (χ2n) is 4.77. The van der Waals surface area contributed by atoms with Crippen LogP contribution in [0.1, 0.15) is 30.6 Å². The van der Waals surface area contributed by atoms with Gasteiger partial charge >= 0.3 is 0 Å². The lowest BCUT2D eigenvalue weighted by atomic mass is 10.2. The molecule has 0 amide bonds. The highest BCUT2D eigenvalue weighted by Gasteiger charge is 2.20. The van der Waals surface area contributed by atoms with E-state index in [1.165, 1.54) is 11.3 Å². The van der Waals surface area contributed by atoms with Crippen LogP contribution in [0, 0.1) is 0 Å². The molecule has 0 saturated heterocycles. The molecule has 2 aromatic heterocycles. The molecule has 1 aliphatic carbocycles. The number of aromatic nitrogens is 1. The van der Waals surface area contributed by atoms with Crippen molar-refractivity contribution < 1.29 is 8.76 Å². The summed E-state index contributed by atoms with van der Waals surface area (Å²) in [5, 5.41) is 0. The monoisotopic (exact) mass is 305 g/mol. The van der Waals surface area contributed by atoms with Crippen LogP contribution < -0.4 is 0 Å². The molecule has 2 heterocycles. The number of nitrogens with zero attached hydrogens (tertiary/aromatic N) is 1. The van der Waals surface area contributed by atoms with Gasteiger partial charge in [-0.05, 0) is 49.9 Å². The Kier molecular flexibility index (Phi) is 4.10. The van der Waals surface area contributed by atoms with E-state index in [1.807, 2.05) is 30.3 Å². The number of pyridine rings is 1. The molecular formula is C15H15NO2S2.